The van der Waals surface area contributed by atoms with Crippen LogP contribution in [0.25, 0.3) is 10.1 Å². The minimum absolute atomic E-state index is 0.256. The Hall–Kier alpha value is -1.48. The van der Waals surface area contributed by atoms with Gasteiger partial charge in [0, 0.05) is 10.1 Å². The standard InChI is InChI=1S/C17H20N2O3S3/c1-4-17(20,5-2)14-10-23-16(18-14)19-25(21,22)15-9-12-8-11(3)6-7-13(12)24-15/h6-10,20H,4-5H2,1-3H3,(H,18,19). The molecule has 5 nitrogen and oxygen atoms in total. The Morgan fingerprint density at radius 3 is 2.64 bits per heavy atom. The third kappa shape index (κ3) is 3.57. The van der Waals surface area contributed by atoms with Crippen molar-refractivity contribution in [2.45, 2.75) is 43.4 Å². The van der Waals surface area contributed by atoms with Crippen molar-refractivity contribution >= 4 is 47.9 Å². The Morgan fingerprint density at radius 2 is 1.96 bits per heavy atom. The highest BCUT2D eigenvalue weighted by Crippen LogP contribution is 2.34. The first-order chi connectivity index (χ1) is 11.8. The number of aryl methyl sites for hydroxylation is 1. The molecule has 25 heavy (non-hydrogen) atoms. The van der Waals surface area contributed by atoms with E-state index in [1.165, 1.54) is 22.7 Å². The van der Waals surface area contributed by atoms with Crippen molar-refractivity contribution in [2.75, 3.05) is 4.72 Å². The van der Waals surface area contributed by atoms with Gasteiger partial charge in [0.1, 0.15) is 9.81 Å². The molecule has 2 N–H and O–H groups in total. The van der Waals surface area contributed by atoms with Crippen LogP contribution in [-0.4, -0.2) is 18.5 Å². The van der Waals surface area contributed by atoms with Crippen LogP contribution >= 0.6 is 22.7 Å². The lowest BCUT2D eigenvalue weighted by molar-refractivity contribution is 0.0247. The predicted molar refractivity (Wildman–Crippen MR) is 104 cm³/mol. The molecule has 1 aromatic carbocycles. The summed E-state index contributed by atoms with van der Waals surface area (Å²) < 4.78 is 29.0. The highest BCUT2D eigenvalue weighted by Gasteiger charge is 2.28. The zero-order chi connectivity index (χ0) is 18.2. The molecule has 0 amide bonds. The maximum absolute atomic E-state index is 12.7. The smallest absolute Gasteiger partial charge is 0.273 e. The number of thiazole rings is 1. The van der Waals surface area contributed by atoms with Crippen molar-refractivity contribution in [3.63, 3.8) is 0 Å². The molecular weight excluding hydrogens is 376 g/mol. The Labute approximate surface area is 155 Å². The number of aliphatic hydroxyl groups is 1. The van der Waals surface area contributed by atoms with E-state index in [-0.39, 0.29) is 9.34 Å². The summed E-state index contributed by atoms with van der Waals surface area (Å²) >= 11 is 2.41. The second-order valence-corrected chi connectivity index (χ2v) is 9.84. The van der Waals surface area contributed by atoms with E-state index in [0.717, 1.165) is 15.6 Å². The molecule has 0 saturated carbocycles. The fourth-order valence-corrected chi connectivity index (χ4v) is 6.02. The monoisotopic (exact) mass is 396 g/mol. The molecule has 2 aromatic heterocycles. The molecule has 0 unspecified atom stereocenters. The van der Waals surface area contributed by atoms with Crippen molar-refractivity contribution < 1.29 is 13.5 Å². The highest BCUT2D eigenvalue weighted by molar-refractivity contribution is 7.95. The van der Waals surface area contributed by atoms with E-state index < -0.39 is 15.6 Å². The van der Waals surface area contributed by atoms with Crippen LogP contribution in [0.1, 0.15) is 37.9 Å². The summed E-state index contributed by atoms with van der Waals surface area (Å²) in [5.41, 5.74) is 0.576. The number of nitrogens with one attached hydrogen (secondary N) is 1. The maximum Gasteiger partial charge on any atom is 0.273 e. The number of thiophene rings is 1. The van der Waals surface area contributed by atoms with E-state index in [1.54, 1.807) is 11.4 Å². The van der Waals surface area contributed by atoms with Crippen LogP contribution in [0.15, 0.2) is 33.9 Å². The van der Waals surface area contributed by atoms with Gasteiger partial charge in [0.15, 0.2) is 5.13 Å². The molecule has 8 heteroatoms. The average molecular weight is 397 g/mol. The normalized spacial score (nSPS) is 12.6. The van der Waals surface area contributed by atoms with Crippen molar-refractivity contribution in [3.05, 3.63) is 40.9 Å². The number of benzene rings is 1. The lowest BCUT2D eigenvalue weighted by atomic mass is 9.94. The first kappa shape index (κ1) is 18.3. The van der Waals surface area contributed by atoms with Crippen LogP contribution in [0.2, 0.25) is 0 Å². The van der Waals surface area contributed by atoms with Crippen LogP contribution in [0.4, 0.5) is 5.13 Å². The third-order valence-electron chi connectivity index (χ3n) is 4.29. The summed E-state index contributed by atoms with van der Waals surface area (Å²) in [6, 6.07) is 7.54. The molecule has 0 aliphatic carbocycles. The van der Waals surface area contributed by atoms with Crippen LogP contribution < -0.4 is 4.72 Å². The summed E-state index contributed by atoms with van der Waals surface area (Å²) in [4.78, 5) is 4.29. The van der Waals surface area contributed by atoms with Gasteiger partial charge in [-0.25, -0.2) is 13.4 Å². The number of fused-ring (bicyclic) bond motifs is 1. The van der Waals surface area contributed by atoms with Gasteiger partial charge in [0.05, 0.1) is 5.69 Å². The average Bonchev–Trinajstić information content (AvgIpc) is 3.20. The number of aromatic nitrogens is 1. The van der Waals surface area contributed by atoms with Crippen LogP contribution in [0.5, 0.6) is 0 Å². The summed E-state index contributed by atoms with van der Waals surface area (Å²) in [7, 11) is -3.70. The molecule has 0 aliphatic rings. The molecule has 134 valence electrons. The SMILES string of the molecule is CCC(O)(CC)c1csc(NS(=O)(=O)c2cc3cc(C)ccc3s2)n1. The van der Waals surface area contributed by atoms with E-state index in [0.29, 0.717) is 18.5 Å². The van der Waals surface area contributed by atoms with Crippen molar-refractivity contribution in [1.29, 1.82) is 0 Å². The van der Waals surface area contributed by atoms with Crippen molar-refractivity contribution in [1.82, 2.24) is 4.98 Å². The molecule has 2 heterocycles. The van der Waals surface area contributed by atoms with E-state index in [2.05, 4.69) is 9.71 Å². The Kier molecular flexibility index (Phi) is 4.89. The number of rotatable bonds is 6. The van der Waals surface area contributed by atoms with Crippen LogP contribution in [0.3, 0.4) is 0 Å². The number of anilines is 1. The van der Waals surface area contributed by atoms with Gasteiger partial charge in [-0.15, -0.1) is 22.7 Å². The van der Waals surface area contributed by atoms with Gasteiger partial charge < -0.3 is 5.11 Å². The van der Waals surface area contributed by atoms with E-state index >= 15 is 0 Å². The predicted octanol–water partition coefficient (Wildman–Crippen LogP) is 4.47. The van der Waals surface area contributed by atoms with Crippen LogP contribution in [-0.2, 0) is 15.6 Å². The van der Waals surface area contributed by atoms with Gasteiger partial charge in [-0.05, 0) is 37.3 Å². The van der Waals surface area contributed by atoms with Gasteiger partial charge in [0.25, 0.3) is 10.0 Å². The minimum atomic E-state index is -3.70. The molecule has 0 aliphatic heterocycles. The van der Waals surface area contributed by atoms with E-state index in [1.807, 2.05) is 39.0 Å². The first-order valence-electron chi connectivity index (χ1n) is 7.99. The first-order valence-corrected chi connectivity index (χ1v) is 11.2. The fourth-order valence-electron chi connectivity index (χ4n) is 2.58. The Balaban J connectivity index is 1.89. The molecule has 0 saturated heterocycles. The largest absolute Gasteiger partial charge is 0.384 e. The number of hydrogen-bond acceptors (Lipinski definition) is 6. The molecule has 3 rings (SSSR count). The molecule has 3 aromatic rings. The molecule has 0 radical (unpaired) electrons. The second-order valence-electron chi connectivity index (χ2n) is 5.99. The van der Waals surface area contributed by atoms with E-state index in [9.17, 15) is 13.5 Å². The Morgan fingerprint density at radius 1 is 1.24 bits per heavy atom. The lowest BCUT2D eigenvalue weighted by Gasteiger charge is -2.22. The Bertz CT molecular complexity index is 1000. The van der Waals surface area contributed by atoms with Gasteiger partial charge >= 0.3 is 0 Å². The van der Waals surface area contributed by atoms with Gasteiger partial charge in [0.2, 0.25) is 0 Å². The molecule has 0 spiro atoms. The third-order valence-corrected chi connectivity index (χ3v) is 8.10. The molecule has 0 bridgehead atoms. The molecule has 0 atom stereocenters. The summed E-state index contributed by atoms with van der Waals surface area (Å²) in [6.45, 7) is 5.74. The summed E-state index contributed by atoms with van der Waals surface area (Å²) in [6.07, 6.45) is 1.05. The van der Waals surface area contributed by atoms with E-state index in [4.69, 9.17) is 0 Å². The van der Waals surface area contributed by atoms with Gasteiger partial charge in [-0.3, -0.25) is 4.72 Å². The molecular formula is C17H20N2O3S3. The number of sulfonamides is 1. The highest BCUT2D eigenvalue weighted by atomic mass is 32.2. The molecule has 0 fully saturated rings. The number of nitrogens with zero attached hydrogens (tertiary/aromatic N) is 1. The quantitative estimate of drug-likeness (QED) is 0.644. The zero-order valence-corrected chi connectivity index (χ0v) is 16.7. The van der Waals surface area contributed by atoms with Crippen molar-refractivity contribution in [2.24, 2.45) is 0 Å². The summed E-state index contributed by atoms with van der Waals surface area (Å²) in [5.74, 6) is 0. The number of hydrogen-bond donors (Lipinski definition) is 2. The van der Waals surface area contributed by atoms with Gasteiger partial charge in [-0.2, -0.15) is 0 Å². The zero-order valence-electron chi connectivity index (χ0n) is 14.2. The van der Waals surface area contributed by atoms with Gasteiger partial charge in [-0.1, -0.05) is 31.5 Å². The fraction of sp³-hybridized carbons (Fsp3) is 0.353. The second kappa shape index (κ2) is 6.68. The topological polar surface area (TPSA) is 79.3 Å². The lowest BCUT2D eigenvalue weighted by Crippen LogP contribution is -2.24. The van der Waals surface area contributed by atoms with Crippen LogP contribution in [0, 0.1) is 6.92 Å². The minimum Gasteiger partial charge on any atom is -0.384 e. The summed E-state index contributed by atoms with van der Waals surface area (Å²) in [5, 5.41) is 13.4. The maximum atomic E-state index is 12.7. The van der Waals surface area contributed by atoms with Crippen molar-refractivity contribution in [3.8, 4) is 0 Å².